The highest BCUT2D eigenvalue weighted by Crippen LogP contribution is 2.66. The van der Waals surface area contributed by atoms with Gasteiger partial charge in [-0.05, 0) is 48.4 Å². The Bertz CT molecular complexity index is 970. The topological polar surface area (TPSA) is 97.7 Å². The lowest BCUT2D eigenvalue weighted by atomic mass is 9.90. The van der Waals surface area contributed by atoms with E-state index in [1.54, 1.807) is 18.2 Å². The number of nitrogens with zero attached hydrogens (tertiary/aromatic N) is 2. The molecular weight excluding hydrogens is 382 g/mol. The van der Waals surface area contributed by atoms with E-state index in [1.807, 2.05) is 0 Å². The smallest absolute Gasteiger partial charge is 0.281 e. The van der Waals surface area contributed by atoms with E-state index in [0.717, 1.165) is 12.8 Å². The molecule has 2 fully saturated rings. The first-order valence-corrected chi connectivity index (χ1v) is 9.65. The highest BCUT2D eigenvalue weighted by atomic mass is 35.5. The van der Waals surface area contributed by atoms with Gasteiger partial charge in [-0.1, -0.05) is 31.4 Å². The van der Waals surface area contributed by atoms with Crippen molar-refractivity contribution in [2.45, 2.75) is 32.6 Å². The quantitative estimate of drug-likeness (QED) is 0.442. The molecule has 7 nitrogen and oxygen atoms in total. The molecule has 1 N–H and O–H groups in total. The van der Waals surface area contributed by atoms with Gasteiger partial charge in [-0.2, -0.15) is 5.10 Å². The van der Waals surface area contributed by atoms with Crippen molar-refractivity contribution in [1.29, 1.82) is 0 Å². The molecule has 0 saturated heterocycles. The Kier molecular flexibility index (Phi) is 4.71. The Hall–Kier alpha value is -2.67. The summed E-state index contributed by atoms with van der Waals surface area (Å²) in [4.78, 5) is 23.1. The van der Waals surface area contributed by atoms with E-state index in [9.17, 15) is 14.9 Å². The minimum Gasteiger partial charge on any atom is -0.455 e. The van der Waals surface area contributed by atoms with Gasteiger partial charge in [0.1, 0.15) is 11.5 Å². The van der Waals surface area contributed by atoms with E-state index in [2.05, 4.69) is 17.5 Å². The largest absolute Gasteiger partial charge is 0.455 e. The number of halogens is 1. The average molecular weight is 402 g/mol. The first kappa shape index (κ1) is 18.7. The number of nitro groups is 1. The predicted molar refractivity (Wildman–Crippen MR) is 105 cm³/mol. The number of rotatable bonds is 5. The van der Waals surface area contributed by atoms with Gasteiger partial charge in [-0.25, -0.2) is 5.43 Å². The maximum absolute atomic E-state index is 12.4. The molecular formula is C20H20ClN3O4. The molecule has 2 saturated carbocycles. The highest BCUT2D eigenvalue weighted by Gasteiger charge is 2.64. The zero-order valence-corrected chi connectivity index (χ0v) is 16.1. The molecule has 0 radical (unpaired) electrons. The maximum Gasteiger partial charge on any atom is 0.281 e. The molecule has 8 heteroatoms. The van der Waals surface area contributed by atoms with E-state index >= 15 is 0 Å². The van der Waals surface area contributed by atoms with Crippen molar-refractivity contribution in [3.8, 4) is 11.3 Å². The van der Waals surface area contributed by atoms with Crippen LogP contribution in [-0.4, -0.2) is 17.0 Å². The number of carbonyl (C=O) groups excluding carboxylic acids is 1. The van der Waals surface area contributed by atoms with E-state index in [0.29, 0.717) is 23.0 Å². The molecule has 28 heavy (non-hydrogen) atoms. The second-order valence-corrected chi connectivity index (χ2v) is 8.13. The van der Waals surface area contributed by atoms with Crippen LogP contribution in [0.2, 0.25) is 5.02 Å². The summed E-state index contributed by atoms with van der Waals surface area (Å²) < 4.78 is 5.62. The highest BCUT2D eigenvalue weighted by molar-refractivity contribution is 6.30. The molecule has 2 aliphatic carbocycles. The maximum atomic E-state index is 12.4. The van der Waals surface area contributed by atoms with Gasteiger partial charge in [0.25, 0.3) is 5.69 Å². The van der Waals surface area contributed by atoms with E-state index in [4.69, 9.17) is 16.0 Å². The van der Waals surface area contributed by atoms with Gasteiger partial charge in [0.15, 0.2) is 0 Å². The van der Waals surface area contributed by atoms with Crippen LogP contribution in [0.4, 0.5) is 5.69 Å². The number of furan rings is 1. The molecule has 0 bridgehead atoms. The second-order valence-electron chi connectivity index (χ2n) is 7.69. The number of hydrazone groups is 1. The Morgan fingerprint density at radius 3 is 2.93 bits per heavy atom. The van der Waals surface area contributed by atoms with Crippen LogP contribution < -0.4 is 5.43 Å². The minimum absolute atomic E-state index is 0.0380. The number of fused-ring (bicyclic) bond motifs is 1. The van der Waals surface area contributed by atoms with Crippen LogP contribution in [-0.2, 0) is 4.79 Å². The van der Waals surface area contributed by atoms with Crippen LogP contribution in [0.1, 0.15) is 38.4 Å². The van der Waals surface area contributed by atoms with Crippen LogP contribution in [0.15, 0.2) is 39.9 Å². The Morgan fingerprint density at radius 2 is 2.21 bits per heavy atom. The van der Waals surface area contributed by atoms with Crippen LogP contribution in [0.5, 0.6) is 0 Å². The number of amides is 1. The average Bonchev–Trinajstić information content (AvgIpc) is 3.02. The van der Waals surface area contributed by atoms with Gasteiger partial charge >= 0.3 is 0 Å². The first-order valence-electron chi connectivity index (χ1n) is 9.27. The Labute approximate surface area is 166 Å². The molecule has 146 valence electrons. The Morgan fingerprint density at radius 1 is 1.39 bits per heavy atom. The van der Waals surface area contributed by atoms with E-state index in [-0.39, 0.29) is 28.0 Å². The fourth-order valence-electron chi connectivity index (χ4n) is 4.51. The monoisotopic (exact) mass is 401 g/mol. The molecule has 1 amide bonds. The summed E-state index contributed by atoms with van der Waals surface area (Å²) in [6.45, 7) is 2.18. The number of benzene rings is 1. The molecule has 0 aliphatic heterocycles. The van der Waals surface area contributed by atoms with Gasteiger partial charge in [0.2, 0.25) is 5.91 Å². The van der Waals surface area contributed by atoms with Crippen molar-refractivity contribution in [3.63, 3.8) is 0 Å². The number of nitro benzene ring substituents is 1. The summed E-state index contributed by atoms with van der Waals surface area (Å²) in [6, 6.07) is 7.65. The lowest BCUT2D eigenvalue weighted by molar-refractivity contribution is -0.384. The van der Waals surface area contributed by atoms with Crippen LogP contribution >= 0.6 is 11.6 Å². The minimum atomic E-state index is -0.507. The number of hydrogen-bond acceptors (Lipinski definition) is 5. The second kappa shape index (κ2) is 7.05. The molecule has 1 heterocycles. The summed E-state index contributed by atoms with van der Waals surface area (Å²) in [7, 11) is 0. The third-order valence-electron chi connectivity index (χ3n) is 6.03. The van der Waals surface area contributed by atoms with Crippen molar-refractivity contribution >= 4 is 29.4 Å². The number of nitrogens with one attached hydrogen (secondary N) is 1. The third-order valence-corrected chi connectivity index (χ3v) is 6.26. The molecule has 3 atom stereocenters. The van der Waals surface area contributed by atoms with Gasteiger partial charge in [-0.3, -0.25) is 14.9 Å². The fraction of sp³-hybridized carbons (Fsp3) is 0.400. The van der Waals surface area contributed by atoms with Crippen LogP contribution in [0.25, 0.3) is 11.3 Å². The zero-order chi connectivity index (χ0) is 19.9. The number of hydrogen-bond donors (Lipinski definition) is 1. The summed E-state index contributed by atoms with van der Waals surface area (Å²) in [6.07, 6.45) is 5.99. The molecule has 2 aromatic rings. The third kappa shape index (κ3) is 3.30. The SMILES string of the molecule is CC12CCCCC1C2C(=O)NN=Cc1ccc(-c2ccc(Cl)cc2[N+](=O)[O-])o1. The molecule has 2 aliphatic rings. The lowest BCUT2D eigenvalue weighted by Crippen LogP contribution is -2.22. The fourth-order valence-corrected chi connectivity index (χ4v) is 4.68. The molecule has 0 spiro atoms. The summed E-state index contributed by atoms with van der Waals surface area (Å²) in [5.41, 5.74) is 2.92. The summed E-state index contributed by atoms with van der Waals surface area (Å²) in [5, 5.41) is 15.5. The van der Waals surface area contributed by atoms with Crippen LogP contribution in [0.3, 0.4) is 0 Å². The van der Waals surface area contributed by atoms with Gasteiger partial charge in [0.05, 0.1) is 16.7 Å². The normalized spacial score (nSPS) is 26.1. The van der Waals surface area contributed by atoms with Crippen molar-refractivity contribution in [1.82, 2.24) is 5.43 Å². The lowest BCUT2D eigenvalue weighted by Gasteiger charge is -2.15. The van der Waals surface area contributed by atoms with E-state index in [1.165, 1.54) is 31.2 Å². The van der Waals surface area contributed by atoms with Crippen molar-refractivity contribution in [2.75, 3.05) is 0 Å². The summed E-state index contributed by atoms with van der Waals surface area (Å²) in [5.74, 6) is 1.18. The van der Waals surface area contributed by atoms with Crippen molar-refractivity contribution < 1.29 is 14.1 Å². The summed E-state index contributed by atoms with van der Waals surface area (Å²) >= 11 is 5.84. The van der Waals surface area contributed by atoms with Crippen LogP contribution in [0, 0.1) is 27.4 Å². The number of carbonyl (C=O) groups is 1. The molecule has 4 rings (SSSR count). The zero-order valence-electron chi connectivity index (χ0n) is 15.4. The van der Waals surface area contributed by atoms with E-state index < -0.39 is 4.92 Å². The Balaban J connectivity index is 1.43. The molecule has 3 unspecified atom stereocenters. The molecule has 1 aromatic heterocycles. The molecule has 1 aromatic carbocycles. The van der Waals surface area contributed by atoms with Crippen molar-refractivity contribution in [2.24, 2.45) is 22.4 Å². The standard InChI is InChI=1S/C20H20ClN3O4/c1-20-9-3-2-4-15(20)18(20)19(25)23-22-11-13-6-8-17(28-13)14-7-5-12(21)10-16(14)24(26)27/h5-8,10-11,15,18H,2-4,9H2,1H3,(H,23,25). The van der Waals surface area contributed by atoms with Gasteiger partial charge in [0, 0.05) is 17.0 Å². The van der Waals surface area contributed by atoms with Gasteiger partial charge < -0.3 is 4.42 Å². The van der Waals surface area contributed by atoms with Gasteiger partial charge in [-0.15, -0.1) is 0 Å². The predicted octanol–water partition coefficient (Wildman–Crippen LogP) is 4.78. The van der Waals surface area contributed by atoms with Crippen molar-refractivity contribution in [3.05, 3.63) is 51.2 Å². The first-order chi connectivity index (χ1) is 13.4.